The fraction of sp³-hybridized carbons (Fsp3) is 0.382. The van der Waals surface area contributed by atoms with Crippen LogP contribution in [-0.4, -0.2) is 66.8 Å². The Morgan fingerprint density at radius 2 is 1.72 bits per heavy atom. The summed E-state index contributed by atoms with van der Waals surface area (Å²) in [7, 11) is 0. The molecular formula is C34H39ClF3N9O3. The number of carbonyl (C=O) groups is 2. The van der Waals surface area contributed by atoms with Gasteiger partial charge in [-0.25, -0.2) is 24.7 Å². The number of H-pyrrole nitrogens is 1. The van der Waals surface area contributed by atoms with Crippen LogP contribution in [0.5, 0.6) is 0 Å². The van der Waals surface area contributed by atoms with Gasteiger partial charge in [-0.2, -0.15) is 18.3 Å². The van der Waals surface area contributed by atoms with Gasteiger partial charge in [0.15, 0.2) is 17.6 Å². The van der Waals surface area contributed by atoms with Crippen LogP contribution in [0.25, 0.3) is 22.8 Å². The lowest BCUT2D eigenvalue weighted by atomic mass is 10.0. The molecule has 2 atom stereocenters. The molecule has 2 amide bonds. The van der Waals surface area contributed by atoms with Crippen LogP contribution in [0.1, 0.15) is 70.7 Å². The van der Waals surface area contributed by atoms with Crippen molar-refractivity contribution in [3.05, 3.63) is 83.4 Å². The predicted molar refractivity (Wildman–Crippen MR) is 183 cm³/mol. The fourth-order valence-corrected chi connectivity index (χ4v) is 4.79. The summed E-state index contributed by atoms with van der Waals surface area (Å²) in [5, 5.41) is 8.72. The number of hydrogen-bond donors (Lipinski definition) is 3. The summed E-state index contributed by atoms with van der Waals surface area (Å²) >= 11 is 6.38. The first kappa shape index (κ1) is 37.8. The Hall–Kier alpha value is -5.05. The average Bonchev–Trinajstić information content (AvgIpc) is 3.65. The number of aromatic amines is 1. The lowest BCUT2D eigenvalue weighted by Gasteiger charge is -2.29. The predicted octanol–water partition coefficient (Wildman–Crippen LogP) is 7.03. The maximum Gasteiger partial charge on any atom is 0.411 e. The van der Waals surface area contributed by atoms with E-state index in [1.54, 1.807) is 37.5 Å². The summed E-state index contributed by atoms with van der Waals surface area (Å²) in [4.78, 5) is 43.0. The molecule has 0 bridgehead atoms. The minimum Gasteiger partial charge on any atom is -0.447 e. The third-order valence-corrected chi connectivity index (χ3v) is 7.64. The van der Waals surface area contributed by atoms with Crippen molar-refractivity contribution < 1.29 is 27.5 Å². The van der Waals surface area contributed by atoms with Gasteiger partial charge in [-0.05, 0) is 54.5 Å². The van der Waals surface area contributed by atoms with Gasteiger partial charge in [-0.15, -0.1) is 0 Å². The highest BCUT2D eigenvalue weighted by Crippen LogP contribution is 2.49. The number of halogens is 4. The molecule has 0 radical (unpaired) electrons. The fourth-order valence-electron chi connectivity index (χ4n) is 4.58. The number of ether oxygens (including phenoxy) is 1. The van der Waals surface area contributed by atoms with Crippen molar-refractivity contribution in [3.8, 4) is 22.8 Å². The Bertz CT molecular complexity index is 1750. The summed E-state index contributed by atoms with van der Waals surface area (Å²) < 4.78 is 45.4. The summed E-state index contributed by atoms with van der Waals surface area (Å²) in [6.07, 6.45) is -1.50. The second-order valence-corrected chi connectivity index (χ2v) is 13.7. The van der Waals surface area contributed by atoms with Gasteiger partial charge in [-0.1, -0.05) is 69.6 Å². The van der Waals surface area contributed by atoms with Crippen LogP contribution in [0.3, 0.4) is 0 Å². The van der Waals surface area contributed by atoms with Crippen LogP contribution < -0.4 is 11.1 Å². The van der Waals surface area contributed by atoms with E-state index >= 15 is 0 Å². The molecule has 0 spiro atoms. The number of carbonyl (C=O) groups excluding carboxylic acids is 2. The molecule has 4 N–H and O–H groups in total. The minimum atomic E-state index is -4.64. The molecule has 1 aliphatic carbocycles. The minimum absolute atomic E-state index is 0.230. The number of nitrogens with one attached hydrogen (secondary N) is 2. The molecular weight excluding hydrogens is 675 g/mol. The van der Waals surface area contributed by atoms with E-state index in [2.05, 4.69) is 57.8 Å². The summed E-state index contributed by atoms with van der Waals surface area (Å²) in [6, 6.07) is 12.0. The molecule has 2 heterocycles. The maximum atomic E-state index is 13.4. The normalized spacial score (nSPS) is 15.2. The molecule has 0 aliphatic heterocycles. The van der Waals surface area contributed by atoms with Crippen molar-refractivity contribution in [2.75, 3.05) is 6.61 Å². The molecule has 50 heavy (non-hydrogen) atoms. The van der Waals surface area contributed by atoms with Crippen molar-refractivity contribution in [3.63, 3.8) is 0 Å². The topological polar surface area (TPSA) is 164 Å². The summed E-state index contributed by atoms with van der Waals surface area (Å²) in [6.45, 7) is 9.95. The van der Waals surface area contributed by atoms with Gasteiger partial charge in [0.2, 0.25) is 6.41 Å². The highest BCUT2D eigenvalue weighted by atomic mass is 35.5. The average molecular weight is 714 g/mol. The highest BCUT2D eigenvalue weighted by molar-refractivity contribution is 6.33. The first-order valence-corrected chi connectivity index (χ1v) is 16.0. The molecule has 0 saturated heterocycles. The molecule has 1 aliphatic rings. The van der Waals surface area contributed by atoms with Crippen LogP contribution in [-0.2, 0) is 9.53 Å². The van der Waals surface area contributed by atoms with E-state index in [-0.39, 0.29) is 18.8 Å². The highest BCUT2D eigenvalue weighted by Gasteiger charge is 2.64. The first-order chi connectivity index (χ1) is 23.5. The van der Waals surface area contributed by atoms with Crippen molar-refractivity contribution in [1.29, 1.82) is 0 Å². The Morgan fingerprint density at radius 1 is 1.10 bits per heavy atom. The molecule has 266 valence electrons. The number of alkyl halides is 3. The second kappa shape index (κ2) is 15.7. The Balaban J connectivity index is 0.00000105. The molecule has 1 saturated carbocycles. The molecule has 12 nitrogen and oxygen atoms in total. The van der Waals surface area contributed by atoms with Crippen molar-refractivity contribution >= 4 is 30.1 Å². The number of hydrogen-bond acceptors (Lipinski definition) is 8. The number of benzene rings is 2. The number of aromatic nitrogens is 5. The zero-order chi connectivity index (χ0) is 36.7. The van der Waals surface area contributed by atoms with E-state index in [0.29, 0.717) is 39.6 Å². The van der Waals surface area contributed by atoms with E-state index in [4.69, 9.17) is 22.1 Å². The van der Waals surface area contributed by atoms with Crippen LogP contribution in [0.4, 0.5) is 18.0 Å². The second-order valence-electron chi connectivity index (χ2n) is 13.3. The molecule has 4 aromatic rings. The number of rotatable bonds is 10. The van der Waals surface area contributed by atoms with Gasteiger partial charge >= 0.3 is 12.3 Å². The quantitative estimate of drug-likeness (QED) is 0.0896. The molecule has 1 fully saturated rings. The standard InChI is InChI=1S/C29H27ClF3N9O3.C5H12/c1-17(18-3-5-19(6-4-18)24-35-11-2-12-36-24)39-26(34)42(16-43)23(14-45-27(44)40-28(9-10-28)29(31,32)33)20-7-8-22(30)21(13-20)25-37-15-38-41-25;1-5(2,3)4/h2-8,11-13,15-17,23H,9-10,14H2,1H3,(H2,34,39)(H,40,44)(H,37,38,41);1-4H3. The van der Waals surface area contributed by atoms with Crippen molar-refractivity contribution in [2.45, 2.75) is 71.3 Å². The molecule has 2 aromatic carbocycles. The van der Waals surface area contributed by atoms with Gasteiger partial charge in [-0.3, -0.25) is 14.8 Å². The van der Waals surface area contributed by atoms with E-state index in [0.717, 1.165) is 16.0 Å². The smallest absolute Gasteiger partial charge is 0.411 e. The lowest BCUT2D eigenvalue weighted by molar-refractivity contribution is -0.164. The van der Waals surface area contributed by atoms with E-state index in [9.17, 15) is 22.8 Å². The van der Waals surface area contributed by atoms with Crippen LogP contribution in [0.2, 0.25) is 5.02 Å². The third-order valence-electron chi connectivity index (χ3n) is 7.31. The van der Waals surface area contributed by atoms with Gasteiger partial charge in [0.25, 0.3) is 0 Å². The monoisotopic (exact) mass is 713 g/mol. The zero-order valence-corrected chi connectivity index (χ0v) is 29.0. The SMILES string of the molecule is CC(C)(C)C.CC(N=C(N)N(C=O)C(COC(=O)NC1(C(F)(F)F)CC1)c1ccc(Cl)c(-c2ncn[nH]2)c1)c1ccc(-c2ncccn2)cc1. The van der Waals surface area contributed by atoms with Gasteiger partial charge < -0.3 is 15.8 Å². The zero-order valence-electron chi connectivity index (χ0n) is 28.2. The lowest BCUT2D eigenvalue weighted by Crippen LogP contribution is -2.48. The van der Waals surface area contributed by atoms with Gasteiger partial charge in [0.1, 0.15) is 18.5 Å². The number of guanidine groups is 1. The molecule has 5 rings (SSSR count). The number of nitrogens with zero attached hydrogens (tertiary/aromatic N) is 6. The molecule has 2 aromatic heterocycles. The Labute approximate surface area is 292 Å². The Kier molecular flexibility index (Phi) is 11.8. The number of aliphatic imine (C=N–C) groups is 1. The number of alkyl carbamates (subject to hydrolysis) is 1. The van der Waals surface area contributed by atoms with Crippen LogP contribution >= 0.6 is 11.6 Å². The Morgan fingerprint density at radius 3 is 2.26 bits per heavy atom. The maximum absolute atomic E-state index is 13.4. The third kappa shape index (κ3) is 10.00. The summed E-state index contributed by atoms with van der Waals surface area (Å²) in [5.41, 5.74) is 6.83. The van der Waals surface area contributed by atoms with E-state index < -0.39 is 36.5 Å². The van der Waals surface area contributed by atoms with Gasteiger partial charge in [0, 0.05) is 23.5 Å². The number of nitrogens with two attached hydrogens (primary N) is 1. The van der Waals surface area contributed by atoms with Gasteiger partial charge in [0.05, 0.1) is 17.1 Å². The van der Waals surface area contributed by atoms with Crippen molar-refractivity contribution in [2.24, 2.45) is 16.1 Å². The summed E-state index contributed by atoms with van der Waals surface area (Å²) in [5.74, 6) is 0.638. The van der Waals surface area contributed by atoms with E-state index in [1.807, 2.05) is 29.6 Å². The molecule has 2 unspecified atom stereocenters. The van der Waals surface area contributed by atoms with Crippen LogP contribution in [0, 0.1) is 5.41 Å². The van der Waals surface area contributed by atoms with E-state index in [1.165, 1.54) is 12.4 Å². The largest absolute Gasteiger partial charge is 0.447 e. The van der Waals surface area contributed by atoms with Crippen LogP contribution in [0.15, 0.2) is 72.2 Å². The number of amides is 2. The first-order valence-electron chi connectivity index (χ1n) is 15.6. The van der Waals surface area contributed by atoms with Crippen molar-refractivity contribution in [1.82, 2.24) is 35.4 Å². The molecule has 16 heteroatoms.